The van der Waals surface area contributed by atoms with Crippen molar-refractivity contribution in [1.29, 1.82) is 0 Å². The molecule has 0 aromatic rings. The smallest absolute Gasteiger partial charge is 0.340 e. The number of esters is 2. The van der Waals surface area contributed by atoms with Gasteiger partial charge in [-0.25, -0.2) is 9.59 Å². The standard InChI is InChI=1S/C7H8N2O3/c10-5-3-4-6(7(11)12-5)9-2-1-8-4/h3,6,8-9H,1-2H2. The summed E-state index contributed by atoms with van der Waals surface area (Å²) in [5, 5.41) is 5.89. The third-order valence-corrected chi connectivity index (χ3v) is 1.82. The minimum atomic E-state index is -0.595. The molecule has 2 rings (SSSR count). The number of carbonyl (C=O) groups is 2. The van der Waals surface area contributed by atoms with Crippen LogP contribution in [0.1, 0.15) is 0 Å². The highest BCUT2D eigenvalue weighted by molar-refractivity contribution is 5.99. The van der Waals surface area contributed by atoms with Gasteiger partial charge in [-0.3, -0.25) is 5.32 Å². The van der Waals surface area contributed by atoms with Crippen LogP contribution in [-0.2, 0) is 14.3 Å². The first-order valence-corrected chi connectivity index (χ1v) is 3.72. The van der Waals surface area contributed by atoms with E-state index in [1.807, 2.05) is 0 Å². The average molecular weight is 168 g/mol. The Bertz CT molecular complexity index is 272. The maximum atomic E-state index is 11.1. The third kappa shape index (κ3) is 1.08. The molecule has 0 aliphatic carbocycles. The lowest BCUT2D eigenvalue weighted by Crippen LogP contribution is -2.53. The molecular formula is C7H8N2O3. The average Bonchev–Trinajstić information content (AvgIpc) is 2.04. The molecular weight excluding hydrogens is 160 g/mol. The lowest BCUT2D eigenvalue weighted by molar-refractivity contribution is -0.158. The van der Waals surface area contributed by atoms with Gasteiger partial charge in [-0.15, -0.1) is 0 Å². The van der Waals surface area contributed by atoms with Crippen LogP contribution in [0.15, 0.2) is 11.8 Å². The number of hydrogen-bond donors (Lipinski definition) is 2. The molecule has 0 saturated carbocycles. The Morgan fingerprint density at radius 1 is 1.42 bits per heavy atom. The Morgan fingerprint density at radius 3 is 3.08 bits per heavy atom. The Balaban J connectivity index is 2.28. The molecule has 1 atom stereocenters. The summed E-state index contributed by atoms with van der Waals surface area (Å²) in [4.78, 5) is 21.8. The number of rotatable bonds is 0. The van der Waals surface area contributed by atoms with E-state index in [1.165, 1.54) is 6.08 Å². The van der Waals surface area contributed by atoms with Crippen LogP contribution < -0.4 is 10.6 Å². The van der Waals surface area contributed by atoms with Crippen molar-refractivity contribution < 1.29 is 14.3 Å². The van der Waals surface area contributed by atoms with Gasteiger partial charge < -0.3 is 10.1 Å². The first-order chi connectivity index (χ1) is 5.77. The molecule has 12 heavy (non-hydrogen) atoms. The molecule has 1 saturated heterocycles. The molecule has 2 aliphatic rings. The van der Waals surface area contributed by atoms with Crippen LogP contribution in [0.5, 0.6) is 0 Å². The van der Waals surface area contributed by atoms with Crippen LogP contribution in [-0.4, -0.2) is 31.1 Å². The quantitative estimate of drug-likeness (QED) is 0.341. The van der Waals surface area contributed by atoms with Crippen molar-refractivity contribution in [2.75, 3.05) is 13.1 Å². The fraction of sp³-hybridized carbons (Fsp3) is 0.429. The summed E-state index contributed by atoms with van der Waals surface area (Å²) in [5.74, 6) is -1.12. The molecule has 2 heterocycles. The largest absolute Gasteiger partial charge is 0.388 e. The molecule has 5 nitrogen and oxygen atoms in total. The Labute approximate surface area is 68.8 Å². The van der Waals surface area contributed by atoms with Crippen molar-refractivity contribution >= 4 is 11.9 Å². The summed E-state index contributed by atoms with van der Waals surface area (Å²) in [6.07, 6.45) is 1.30. The van der Waals surface area contributed by atoms with Crippen LogP contribution in [0.25, 0.3) is 0 Å². The van der Waals surface area contributed by atoms with Crippen molar-refractivity contribution in [3.63, 3.8) is 0 Å². The summed E-state index contributed by atoms with van der Waals surface area (Å²) in [7, 11) is 0. The zero-order valence-corrected chi connectivity index (χ0v) is 6.29. The molecule has 0 radical (unpaired) electrons. The van der Waals surface area contributed by atoms with Crippen LogP contribution in [0.2, 0.25) is 0 Å². The number of cyclic esters (lactones) is 2. The van der Waals surface area contributed by atoms with E-state index in [9.17, 15) is 9.59 Å². The number of hydrogen-bond acceptors (Lipinski definition) is 5. The number of fused-ring (bicyclic) bond motifs is 1. The van der Waals surface area contributed by atoms with Gasteiger partial charge in [-0.05, 0) is 0 Å². The zero-order valence-electron chi connectivity index (χ0n) is 6.29. The van der Waals surface area contributed by atoms with E-state index in [1.54, 1.807) is 0 Å². The van der Waals surface area contributed by atoms with E-state index in [4.69, 9.17) is 0 Å². The van der Waals surface area contributed by atoms with Gasteiger partial charge in [0.1, 0.15) is 6.04 Å². The fourth-order valence-corrected chi connectivity index (χ4v) is 1.29. The van der Waals surface area contributed by atoms with Crippen LogP contribution in [0.4, 0.5) is 0 Å². The van der Waals surface area contributed by atoms with Crippen molar-refractivity contribution in [2.24, 2.45) is 0 Å². The summed E-state index contributed by atoms with van der Waals surface area (Å²) < 4.78 is 4.40. The second-order valence-corrected chi connectivity index (χ2v) is 2.65. The number of nitrogens with one attached hydrogen (secondary N) is 2. The minimum Gasteiger partial charge on any atom is -0.388 e. The number of piperazine rings is 1. The molecule has 0 amide bonds. The third-order valence-electron chi connectivity index (χ3n) is 1.82. The predicted octanol–water partition coefficient (Wildman–Crippen LogP) is -1.48. The highest BCUT2D eigenvalue weighted by Gasteiger charge is 2.32. The summed E-state index contributed by atoms with van der Waals surface area (Å²) in [5.41, 5.74) is 0.613. The van der Waals surface area contributed by atoms with Gasteiger partial charge in [0.25, 0.3) is 0 Å². The van der Waals surface area contributed by atoms with Crippen LogP contribution >= 0.6 is 0 Å². The van der Waals surface area contributed by atoms with Gasteiger partial charge in [-0.2, -0.15) is 0 Å². The normalized spacial score (nSPS) is 28.3. The van der Waals surface area contributed by atoms with Gasteiger partial charge in [-0.1, -0.05) is 0 Å². The van der Waals surface area contributed by atoms with E-state index in [-0.39, 0.29) is 0 Å². The fourth-order valence-electron chi connectivity index (χ4n) is 1.29. The topological polar surface area (TPSA) is 67.4 Å². The minimum absolute atomic E-state index is 0.476. The monoisotopic (exact) mass is 168 g/mol. The molecule has 2 aliphatic heterocycles. The van der Waals surface area contributed by atoms with E-state index in [2.05, 4.69) is 15.4 Å². The van der Waals surface area contributed by atoms with Crippen LogP contribution in [0, 0.1) is 0 Å². The van der Waals surface area contributed by atoms with Gasteiger partial charge in [0.15, 0.2) is 0 Å². The van der Waals surface area contributed by atoms with Gasteiger partial charge >= 0.3 is 11.9 Å². The first-order valence-electron chi connectivity index (χ1n) is 3.72. The predicted molar refractivity (Wildman–Crippen MR) is 39.0 cm³/mol. The molecule has 64 valence electrons. The first kappa shape index (κ1) is 7.30. The highest BCUT2D eigenvalue weighted by Crippen LogP contribution is 2.10. The molecule has 0 aromatic heterocycles. The van der Waals surface area contributed by atoms with Crippen molar-refractivity contribution in [2.45, 2.75) is 6.04 Å². The highest BCUT2D eigenvalue weighted by atomic mass is 16.6. The zero-order chi connectivity index (χ0) is 8.55. The Kier molecular flexibility index (Phi) is 1.58. The second-order valence-electron chi connectivity index (χ2n) is 2.65. The van der Waals surface area contributed by atoms with E-state index < -0.39 is 18.0 Å². The van der Waals surface area contributed by atoms with Gasteiger partial charge in [0.2, 0.25) is 0 Å². The Hall–Kier alpha value is -1.36. The van der Waals surface area contributed by atoms with E-state index >= 15 is 0 Å². The maximum absolute atomic E-state index is 11.1. The molecule has 0 aromatic carbocycles. The van der Waals surface area contributed by atoms with Crippen molar-refractivity contribution in [3.8, 4) is 0 Å². The second kappa shape index (κ2) is 2.60. The Morgan fingerprint density at radius 2 is 2.25 bits per heavy atom. The molecule has 0 spiro atoms. The summed E-state index contributed by atoms with van der Waals surface area (Å²) >= 11 is 0. The summed E-state index contributed by atoms with van der Waals surface area (Å²) in [6.45, 7) is 1.42. The molecule has 2 N–H and O–H groups in total. The van der Waals surface area contributed by atoms with E-state index in [0.717, 1.165) is 6.54 Å². The van der Waals surface area contributed by atoms with Crippen molar-refractivity contribution in [1.82, 2.24) is 10.6 Å². The molecule has 0 bridgehead atoms. The summed E-state index contributed by atoms with van der Waals surface area (Å²) in [6, 6.07) is -0.476. The van der Waals surface area contributed by atoms with E-state index in [0.29, 0.717) is 12.2 Å². The lowest BCUT2D eigenvalue weighted by atomic mass is 10.1. The molecule has 1 fully saturated rings. The van der Waals surface area contributed by atoms with Gasteiger partial charge in [0, 0.05) is 24.9 Å². The number of ether oxygens (including phenoxy) is 1. The van der Waals surface area contributed by atoms with Crippen molar-refractivity contribution in [3.05, 3.63) is 11.8 Å². The SMILES string of the molecule is O=C1C=C2NCCNC2C(=O)O1. The van der Waals surface area contributed by atoms with Gasteiger partial charge in [0.05, 0.1) is 0 Å². The maximum Gasteiger partial charge on any atom is 0.340 e. The lowest BCUT2D eigenvalue weighted by Gasteiger charge is -2.28. The molecule has 5 heteroatoms. The van der Waals surface area contributed by atoms with Crippen LogP contribution in [0.3, 0.4) is 0 Å². The number of carbonyl (C=O) groups excluding carboxylic acids is 2. The molecule has 1 unspecified atom stereocenters.